The van der Waals surface area contributed by atoms with Crippen LogP contribution in [0.5, 0.6) is 0 Å². The van der Waals surface area contributed by atoms with Gasteiger partial charge in [0, 0.05) is 24.4 Å². The minimum Gasteiger partial charge on any atom is -0.340 e. The number of nitrogens with one attached hydrogen (secondary N) is 3. The Bertz CT molecular complexity index is 2410. The topological polar surface area (TPSA) is 177 Å². The Balaban J connectivity index is 1.14. The summed E-state index contributed by atoms with van der Waals surface area (Å²) in [7, 11) is -3.91. The zero-order chi connectivity index (χ0) is 39.2. The van der Waals surface area contributed by atoms with Gasteiger partial charge in [0.05, 0.1) is 26.8 Å². The lowest BCUT2D eigenvalue weighted by Gasteiger charge is -2.30. The van der Waals surface area contributed by atoms with E-state index < -0.39 is 74.0 Å². The van der Waals surface area contributed by atoms with E-state index in [-0.39, 0.29) is 23.9 Å². The molecule has 2 aromatic heterocycles. The van der Waals surface area contributed by atoms with E-state index in [0.717, 1.165) is 29.2 Å². The maximum atomic E-state index is 14.6. The number of thiophene rings is 1. The molecule has 2 aliphatic heterocycles. The van der Waals surface area contributed by atoms with Crippen LogP contribution >= 0.6 is 27.3 Å². The lowest BCUT2D eigenvalue weighted by atomic mass is 10.00. The van der Waals surface area contributed by atoms with Crippen LogP contribution in [0.3, 0.4) is 0 Å². The number of sulfonamides is 1. The number of nitrogens with zero attached hydrogens (tertiary/aromatic N) is 3. The van der Waals surface area contributed by atoms with Crippen molar-refractivity contribution in [1.29, 1.82) is 0 Å². The zero-order valence-electron chi connectivity index (χ0n) is 30.4. The molecular formula is C40H41BrN6O7S2. The third kappa shape index (κ3) is 7.45. The van der Waals surface area contributed by atoms with E-state index in [1.807, 2.05) is 54.6 Å². The first-order valence-corrected chi connectivity index (χ1v) is 22.1. The van der Waals surface area contributed by atoms with Gasteiger partial charge in [0.2, 0.25) is 21.8 Å². The van der Waals surface area contributed by atoms with Gasteiger partial charge in [0.25, 0.3) is 17.4 Å². The molecule has 4 aliphatic rings. The van der Waals surface area contributed by atoms with E-state index in [1.165, 1.54) is 20.9 Å². The second-order valence-electron chi connectivity index (χ2n) is 15.1. The number of carbonyl (C=O) groups is 4. The third-order valence-electron chi connectivity index (χ3n) is 11.3. The van der Waals surface area contributed by atoms with Crippen molar-refractivity contribution in [1.82, 2.24) is 30.0 Å². The number of allylic oxidation sites excluding steroid dienone is 1. The highest BCUT2D eigenvalue weighted by atomic mass is 79.9. The predicted octanol–water partition coefficient (Wildman–Crippen LogP) is 4.83. The molecule has 1 saturated heterocycles. The molecule has 56 heavy (non-hydrogen) atoms. The third-order valence-corrected chi connectivity index (χ3v) is 14.7. The van der Waals surface area contributed by atoms with Crippen LogP contribution in [0.25, 0.3) is 21.9 Å². The Kier molecular flexibility index (Phi) is 10.5. The molecule has 0 spiro atoms. The summed E-state index contributed by atoms with van der Waals surface area (Å²) in [6, 6.07) is 14.2. The highest BCUT2D eigenvalue weighted by molar-refractivity contribution is 9.10. The van der Waals surface area contributed by atoms with Crippen molar-refractivity contribution in [2.45, 2.75) is 86.7 Å². The Morgan fingerprint density at radius 3 is 2.55 bits per heavy atom. The predicted molar refractivity (Wildman–Crippen MR) is 215 cm³/mol. The van der Waals surface area contributed by atoms with Crippen LogP contribution < -0.4 is 20.9 Å². The van der Waals surface area contributed by atoms with Crippen LogP contribution in [0, 0.1) is 5.92 Å². The molecule has 4 heterocycles. The van der Waals surface area contributed by atoms with Gasteiger partial charge >= 0.3 is 0 Å². The molecule has 2 aromatic carbocycles. The molecule has 4 amide bonds. The minimum atomic E-state index is -3.91. The number of fused-ring (bicyclic) bond motifs is 3. The number of hydrogen-bond acceptors (Lipinski definition) is 9. The van der Waals surface area contributed by atoms with Crippen molar-refractivity contribution in [3.63, 3.8) is 0 Å². The lowest BCUT2D eigenvalue weighted by Crippen LogP contribution is -2.58. The maximum absolute atomic E-state index is 14.6. The summed E-state index contributed by atoms with van der Waals surface area (Å²) in [5, 5.41) is 13.4. The van der Waals surface area contributed by atoms with Gasteiger partial charge in [0.1, 0.15) is 17.6 Å². The number of benzene rings is 2. The molecule has 0 bridgehead atoms. The van der Waals surface area contributed by atoms with Gasteiger partial charge < -0.3 is 15.5 Å². The zero-order valence-corrected chi connectivity index (χ0v) is 33.6. The molecule has 0 radical (unpaired) electrons. The summed E-state index contributed by atoms with van der Waals surface area (Å²) in [5.41, 5.74) is -0.590. The van der Waals surface area contributed by atoms with Gasteiger partial charge in [-0.05, 0) is 82.2 Å². The molecule has 2 saturated carbocycles. The second-order valence-corrected chi connectivity index (χ2v) is 18.8. The number of halogens is 1. The number of rotatable bonds is 7. The van der Waals surface area contributed by atoms with Crippen molar-refractivity contribution < 1.29 is 27.6 Å². The van der Waals surface area contributed by atoms with E-state index >= 15 is 0 Å². The molecule has 292 valence electrons. The highest BCUT2D eigenvalue weighted by Crippen LogP contribution is 2.46. The van der Waals surface area contributed by atoms with E-state index in [0.29, 0.717) is 42.5 Å². The quantitative estimate of drug-likeness (QED) is 0.222. The van der Waals surface area contributed by atoms with Crippen LogP contribution in [0.1, 0.15) is 73.5 Å². The van der Waals surface area contributed by atoms with Crippen molar-refractivity contribution in [2.75, 3.05) is 6.54 Å². The fraction of sp³-hybridized carbons (Fsp3) is 0.400. The molecule has 3 N–H and O–H groups in total. The van der Waals surface area contributed by atoms with E-state index in [2.05, 4.69) is 36.4 Å². The van der Waals surface area contributed by atoms with Crippen LogP contribution in [-0.2, 0) is 24.4 Å². The average Bonchev–Trinajstić information content (AvgIpc) is 4.04. The number of carbonyl (C=O) groups excluding carboxylic acids is 4. The largest absolute Gasteiger partial charge is 0.340 e. The molecule has 2 unspecified atom stereocenters. The maximum Gasteiger partial charge on any atom is 0.282 e. The monoisotopic (exact) mass is 860 g/mol. The number of aromatic nitrogens is 2. The molecule has 2 aliphatic carbocycles. The van der Waals surface area contributed by atoms with Crippen molar-refractivity contribution in [3.8, 4) is 11.1 Å². The molecule has 16 heteroatoms. The van der Waals surface area contributed by atoms with Crippen LogP contribution in [0.2, 0.25) is 0 Å². The van der Waals surface area contributed by atoms with E-state index in [9.17, 15) is 32.4 Å². The van der Waals surface area contributed by atoms with Crippen molar-refractivity contribution in [3.05, 3.63) is 98.0 Å². The Morgan fingerprint density at radius 1 is 0.964 bits per heavy atom. The van der Waals surface area contributed by atoms with Crippen LogP contribution in [0.15, 0.2) is 87.6 Å². The summed E-state index contributed by atoms with van der Waals surface area (Å²) >= 11 is 4.78. The number of hydrogen-bond donors (Lipinski definition) is 3. The Morgan fingerprint density at radius 2 is 1.77 bits per heavy atom. The van der Waals surface area contributed by atoms with Crippen LogP contribution in [0.4, 0.5) is 0 Å². The summed E-state index contributed by atoms with van der Waals surface area (Å²) in [4.78, 5) is 72.1. The molecule has 8 rings (SSSR count). The van der Waals surface area contributed by atoms with Gasteiger partial charge in [-0.25, -0.2) is 13.1 Å². The molecule has 3 fully saturated rings. The van der Waals surface area contributed by atoms with Crippen molar-refractivity contribution >= 4 is 71.7 Å². The smallest absolute Gasteiger partial charge is 0.282 e. The normalized spacial score (nSPS) is 26.3. The Hall–Kier alpha value is -4.67. The fourth-order valence-electron chi connectivity index (χ4n) is 7.95. The first kappa shape index (κ1) is 38.2. The van der Waals surface area contributed by atoms with Gasteiger partial charge in [-0.15, -0.1) is 11.3 Å². The Labute approximate surface area is 336 Å². The van der Waals surface area contributed by atoms with Crippen molar-refractivity contribution in [2.24, 2.45) is 5.92 Å². The molecule has 13 nitrogen and oxygen atoms in total. The SMILES string of the molecule is O=C(N[C@H]1CCCCC/C=C\[C@@H]2CC2(C(=O)NS(=O)(=O)C2CC2)NC(=O)[C@@H]2CC(n3ncc(-c4cccc5ccccc45)c(Br)c3=O)CN2C1=O)c1cccs1. The van der Waals surface area contributed by atoms with E-state index in [1.54, 1.807) is 23.7 Å². The van der Waals surface area contributed by atoms with Crippen LogP contribution in [-0.4, -0.2) is 76.1 Å². The summed E-state index contributed by atoms with van der Waals surface area (Å²) < 4.78 is 29.5. The van der Waals surface area contributed by atoms with Gasteiger partial charge in [0.15, 0.2) is 0 Å². The second kappa shape index (κ2) is 15.3. The average molecular weight is 862 g/mol. The van der Waals surface area contributed by atoms with Gasteiger partial charge in [-0.3, -0.25) is 28.7 Å². The van der Waals surface area contributed by atoms with Gasteiger partial charge in [-0.2, -0.15) is 5.10 Å². The highest BCUT2D eigenvalue weighted by Gasteiger charge is 2.62. The molecule has 4 aromatic rings. The fourth-order valence-corrected chi connectivity index (χ4v) is 10.4. The summed E-state index contributed by atoms with van der Waals surface area (Å²) in [6.07, 6.45) is 9.67. The molecule has 5 atom stereocenters. The lowest BCUT2D eigenvalue weighted by molar-refractivity contribution is -0.141. The first-order valence-electron chi connectivity index (χ1n) is 18.9. The van der Waals surface area contributed by atoms with E-state index in [4.69, 9.17) is 0 Å². The standard InChI is InChI=1S/C40H41BrN6O7S2/c41-34-30(29-14-8-11-24-10-6-7-13-28(24)29)22-42-47(38(34)51)26-20-32-35(48)44-40(39(52)45-56(53,54)27-17-18-27)21-25(40)12-4-2-1-3-5-15-31(37(50)46(32)23-26)43-36(49)33-16-9-19-55-33/h4,6-14,16,19,22,25-27,31-32H,1-3,5,15,17-18,20-21,23H2,(H,43,49)(H,44,48)(H,45,52)/b12-4-/t25-,26?,31+,32+,40?/m1/s1. The minimum absolute atomic E-state index is 0.0191. The summed E-state index contributed by atoms with van der Waals surface area (Å²) in [6.45, 7) is -0.0756. The number of amides is 4. The molecular weight excluding hydrogens is 821 g/mol. The summed E-state index contributed by atoms with van der Waals surface area (Å²) in [5.74, 6) is -2.82. The van der Waals surface area contributed by atoms with Gasteiger partial charge in [-0.1, -0.05) is 73.5 Å². The first-order chi connectivity index (χ1) is 27.0.